The van der Waals surface area contributed by atoms with Gasteiger partial charge in [-0.05, 0) is 30.3 Å². The van der Waals surface area contributed by atoms with Crippen molar-refractivity contribution in [2.24, 2.45) is 0 Å². The molecule has 0 aliphatic rings. The molecule has 0 unspecified atom stereocenters. The molecular formula is C13H8ClF4NO2S2. The third kappa shape index (κ3) is 4.30. The number of nitrogens with one attached hydrogen (secondary N) is 1. The van der Waals surface area contributed by atoms with Gasteiger partial charge in [-0.1, -0.05) is 35.5 Å². The van der Waals surface area contributed by atoms with Gasteiger partial charge in [0, 0.05) is 14.8 Å². The van der Waals surface area contributed by atoms with Crippen molar-refractivity contribution < 1.29 is 26.0 Å². The molecule has 3 nitrogen and oxygen atoms in total. The zero-order chi connectivity index (χ0) is 17.3. The monoisotopic (exact) mass is 385 g/mol. The van der Waals surface area contributed by atoms with E-state index in [-0.39, 0.29) is 20.5 Å². The van der Waals surface area contributed by atoms with E-state index in [2.05, 4.69) is 0 Å². The number of anilines is 1. The minimum Gasteiger partial charge on any atom is -0.275 e. The SMILES string of the molecule is O=S(=O)(Nc1ccc(Cl)cc1Sc1ccccc1F)C(F)(F)F. The zero-order valence-corrected chi connectivity index (χ0v) is 13.5. The van der Waals surface area contributed by atoms with E-state index < -0.39 is 21.3 Å². The quantitative estimate of drug-likeness (QED) is 0.762. The van der Waals surface area contributed by atoms with Gasteiger partial charge in [-0.2, -0.15) is 21.6 Å². The van der Waals surface area contributed by atoms with Crippen LogP contribution in [0.15, 0.2) is 52.3 Å². The zero-order valence-electron chi connectivity index (χ0n) is 11.1. The Hall–Kier alpha value is -1.45. The van der Waals surface area contributed by atoms with Crippen molar-refractivity contribution in [3.8, 4) is 0 Å². The lowest BCUT2D eigenvalue weighted by atomic mass is 10.3. The van der Waals surface area contributed by atoms with Crippen LogP contribution in [0.2, 0.25) is 5.02 Å². The van der Waals surface area contributed by atoms with Crippen LogP contribution in [0.3, 0.4) is 0 Å². The van der Waals surface area contributed by atoms with Crippen LogP contribution in [0.25, 0.3) is 0 Å². The van der Waals surface area contributed by atoms with E-state index in [4.69, 9.17) is 11.6 Å². The molecule has 0 atom stereocenters. The minimum absolute atomic E-state index is 0.0374. The van der Waals surface area contributed by atoms with Gasteiger partial charge in [0.25, 0.3) is 0 Å². The number of benzene rings is 2. The predicted molar refractivity (Wildman–Crippen MR) is 80.6 cm³/mol. The number of alkyl halides is 3. The van der Waals surface area contributed by atoms with E-state index in [1.807, 2.05) is 0 Å². The Balaban J connectivity index is 2.41. The summed E-state index contributed by atoms with van der Waals surface area (Å²) < 4.78 is 75.0. The van der Waals surface area contributed by atoms with Crippen LogP contribution in [0, 0.1) is 5.82 Å². The Kier molecular flexibility index (Phi) is 5.12. The number of rotatable bonds is 4. The molecular weight excluding hydrogens is 378 g/mol. The van der Waals surface area contributed by atoms with Gasteiger partial charge in [-0.15, -0.1) is 0 Å². The van der Waals surface area contributed by atoms with Crippen LogP contribution in [0.1, 0.15) is 0 Å². The second kappa shape index (κ2) is 6.58. The van der Waals surface area contributed by atoms with Crippen molar-refractivity contribution in [2.75, 3.05) is 4.72 Å². The summed E-state index contributed by atoms with van der Waals surface area (Å²) in [5.74, 6) is -0.595. The molecule has 124 valence electrons. The Morgan fingerprint density at radius 1 is 1.04 bits per heavy atom. The van der Waals surface area contributed by atoms with Crippen LogP contribution in [0.5, 0.6) is 0 Å². The molecule has 0 heterocycles. The Bertz CT molecular complexity index is 825. The van der Waals surface area contributed by atoms with Crippen molar-refractivity contribution in [3.05, 3.63) is 53.3 Å². The lowest BCUT2D eigenvalue weighted by molar-refractivity contribution is -0.0429. The molecule has 0 bridgehead atoms. The maximum atomic E-state index is 13.7. The van der Waals surface area contributed by atoms with Crippen molar-refractivity contribution in [1.82, 2.24) is 0 Å². The molecule has 0 saturated heterocycles. The van der Waals surface area contributed by atoms with E-state index in [1.165, 1.54) is 41.1 Å². The lowest BCUT2D eigenvalue weighted by Gasteiger charge is -2.14. The molecule has 0 aromatic heterocycles. The molecule has 2 aromatic carbocycles. The minimum atomic E-state index is -5.59. The third-order valence-electron chi connectivity index (χ3n) is 2.55. The van der Waals surface area contributed by atoms with E-state index in [0.717, 1.165) is 17.8 Å². The predicted octanol–water partition coefficient (Wildman–Crippen LogP) is 4.89. The largest absolute Gasteiger partial charge is 0.516 e. The van der Waals surface area contributed by atoms with Gasteiger partial charge in [0.2, 0.25) is 0 Å². The first-order valence-corrected chi connectivity index (χ1v) is 8.59. The average molecular weight is 386 g/mol. The lowest BCUT2D eigenvalue weighted by Crippen LogP contribution is -2.30. The summed E-state index contributed by atoms with van der Waals surface area (Å²) in [6, 6.07) is 9.11. The van der Waals surface area contributed by atoms with Crippen LogP contribution >= 0.6 is 23.4 Å². The summed E-state index contributed by atoms with van der Waals surface area (Å²) in [5.41, 5.74) is -5.81. The fourth-order valence-electron chi connectivity index (χ4n) is 1.51. The van der Waals surface area contributed by atoms with Crippen molar-refractivity contribution in [2.45, 2.75) is 15.3 Å². The van der Waals surface area contributed by atoms with Crippen LogP contribution < -0.4 is 4.72 Å². The van der Waals surface area contributed by atoms with Crippen molar-refractivity contribution >= 4 is 39.1 Å². The second-order valence-corrected chi connectivity index (χ2v) is 7.42. The second-order valence-electron chi connectivity index (χ2n) is 4.22. The number of hydrogen-bond donors (Lipinski definition) is 1. The highest BCUT2D eigenvalue weighted by atomic mass is 35.5. The molecule has 2 aromatic rings. The summed E-state index contributed by atoms with van der Waals surface area (Å²) in [5, 5.41) is 0.166. The van der Waals surface area contributed by atoms with E-state index in [9.17, 15) is 26.0 Å². The fraction of sp³-hybridized carbons (Fsp3) is 0.0769. The maximum Gasteiger partial charge on any atom is 0.516 e. The molecule has 0 aliphatic carbocycles. The fourth-order valence-corrected chi connectivity index (χ4v) is 3.36. The molecule has 0 aliphatic heterocycles. The highest BCUT2D eigenvalue weighted by Crippen LogP contribution is 2.38. The van der Waals surface area contributed by atoms with Gasteiger partial charge < -0.3 is 0 Å². The van der Waals surface area contributed by atoms with E-state index in [0.29, 0.717) is 0 Å². The van der Waals surface area contributed by atoms with Gasteiger partial charge in [0.15, 0.2) is 0 Å². The van der Waals surface area contributed by atoms with E-state index in [1.54, 1.807) is 0 Å². The number of halogens is 5. The molecule has 0 saturated carbocycles. The smallest absolute Gasteiger partial charge is 0.275 e. The topological polar surface area (TPSA) is 46.2 Å². The van der Waals surface area contributed by atoms with Crippen LogP contribution in [-0.2, 0) is 10.0 Å². The number of sulfonamides is 1. The van der Waals surface area contributed by atoms with E-state index >= 15 is 0 Å². The highest BCUT2D eigenvalue weighted by Gasteiger charge is 2.46. The molecule has 10 heteroatoms. The molecule has 23 heavy (non-hydrogen) atoms. The summed E-state index contributed by atoms with van der Waals surface area (Å²) in [6.07, 6.45) is 0. The van der Waals surface area contributed by atoms with Gasteiger partial charge in [-0.25, -0.2) is 4.39 Å². The molecule has 2 rings (SSSR count). The first-order valence-electron chi connectivity index (χ1n) is 5.91. The Labute approximate surface area is 138 Å². The van der Waals surface area contributed by atoms with Crippen LogP contribution in [0.4, 0.5) is 23.2 Å². The van der Waals surface area contributed by atoms with Crippen molar-refractivity contribution in [1.29, 1.82) is 0 Å². The maximum absolute atomic E-state index is 13.7. The summed E-state index contributed by atoms with van der Waals surface area (Å²) >= 11 is 6.53. The Morgan fingerprint density at radius 3 is 2.30 bits per heavy atom. The summed E-state index contributed by atoms with van der Waals surface area (Å²) in [4.78, 5) is 0.151. The first-order chi connectivity index (χ1) is 10.6. The molecule has 0 amide bonds. The Morgan fingerprint density at radius 2 is 1.70 bits per heavy atom. The number of hydrogen-bond acceptors (Lipinski definition) is 3. The molecule has 0 fully saturated rings. The highest BCUT2D eigenvalue weighted by molar-refractivity contribution is 7.99. The molecule has 0 spiro atoms. The molecule has 1 N–H and O–H groups in total. The normalized spacial score (nSPS) is 12.2. The first kappa shape index (κ1) is 17.9. The summed E-state index contributed by atoms with van der Waals surface area (Å²) in [6.45, 7) is 0. The van der Waals surface area contributed by atoms with Crippen molar-refractivity contribution in [3.63, 3.8) is 0 Å². The van der Waals surface area contributed by atoms with Gasteiger partial charge in [-0.3, -0.25) is 4.72 Å². The van der Waals surface area contributed by atoms with Gasteiger partial charge in [0.1, 0.15) is 5.82 Å². The van der Waals surface area contributed by atoms with Gasteiger partial charge >= 0.3 is 15.5 Å². The molecule has 0 radical (unpaired) electrons. The van der Waals surface area contributed by atoms with Gasteiger partial charge in [0.05, 0.1) is 5.69 Å². The average Bonchev–Trinajstić information content (AvgIpc) is 2.43. The summed E-state index contributed by atoms with van der Waals surface area (Å²) in [7, 11) is -5.59. The standard InChI is InChI=1S/C13H8ClF4NO2S2/c14-8-5-6-10(19-23(20,21)13(16,17)18)12(7-8)22-11-4-2-1-3-9(11)15/h1-7,19H. The van der Waals surface area contributed by atoms with Crippen LogP contribution in [-0.4, -0.2) is 13.9 Å². The third-order valence-corrected chi connectivity index (χ3v) is 4.99.